The number of nitrogens with zero attached hydrogens (tertiary/aromatic N) is 4. The van der Waals surface area contributed by atoms with E-state index in [4.69, 9.17) is 4.74 Å². The number of hydrogen-bond donors (Lipinski definition) is 3. The van der Waals surface area contributed by atoms with Crippen molar-refractivity contribution in [1.29, 1.82) is 0 Å². The summed E-state index contributed by atoms with van der Waals surface area (Å²) in [6.45, 7) is 0.231. The molecule has 2 aromatic heterocycles. The Labute approximate surface area is 216 Å². The fourth-order valence-corrected chi connectivity index (χ4v) is 5.86. The molecule has 1 aliphatic carbocycles. The first kappa shape index (κ1) is 25.5. The van der Waals surface area contributed by atoms with E-state index in [9.17, 15) is 9.00 Å². The van der Waals surface area contributed by atoms with Crippen LogP contribution in [0.2, 0.25) is 0 Å². The Hall–Kier alpha value is -3.18. The lowest BCUT2D eigenvalue weighted by Crippen LogP contribution is -2.39. The predicted octanol–water partition coefficient (Wildman–Crippen LogP) is 2.52. The number of amides is 1. The molecule has 10 nitrogen and oxygen atoms in total. The van der Waals surface area contributed by atoms with E-state index in [1.54, 1.807) is 25.3 Å². The fraction of sp³-hybridized carbons (Fsp3) is 0.333. The van der Waals surface area contributed by atoms with Crippen molar-refractivity contribution in [3.63, 3.8) is 0 Å². The number of fused-ring (bicyclic) bond motifs is 1. The summed E-state index contributed by atoms with van der Waals surface area (Å²) in [6.07, 6.45) is 8.20. The van der Waals surface area contributed by atoms with Crippen molar-refractivity contribution in [2.45, 2.75) is 36.7 Å². The van der Waals surface area contributed by atoms with Crippen LogP contribution in [0.4, 0.5) is 4.39 Å². The van der Waals surface area contributed by atoms with Gasteiger partial charge in [0.05, 0.1) is 33.5 Å². The molecule has 3 heterocycles. The highest BCUT2D eigenvalue weighted by Gasteiger charge is 2.25. The molecule has 5 rings (SSSR count). The van der Waals surface area contributed by atoms with E-state index in [1.807, 2.05) is 16.7 Å². The number of methoxy groups -OCH3 is 1. The van der Waals surface area contributed by atoms with Crippen LogP contribution in [0.5, 0.6) is 5.75 Å². The van der Waals surface area contributed by atoms with Gasteiger partial charge in [-0.3, -0.25) is 15.2 Å². The summed E-state index contributed by atoms with van der Waals surface area (Å²) in [4.78, 5) is 17.7. The van der Waals surface area contributed by atoms with Crippen molar-refractivity contribution < 1.29 is 18.1 Å². The van der Waals surface area contributed by atoms with Gasteiger partial charge in [-0.2, -0.15) is 0 Å². The minimum absolute atomic E-state index is 0.00335. The number of carbonyl (C=O) groups is 1. The molecular formula is C24H29FN7O3PS. The van der Waals surface area contributed by atoms with E-state index in [2.05, 4.69) is 41.5 Å². The highest BCUT2D eigenvalue weighted by atomic mass is 32.5. The quantitative estimate of drug-likeness (QED) is 0.355. The van der Waals surface area contributed by atoms with E-state index in [0.717, 1.165) is 11.3 Å². The summed E-state index contributed by atoms with van der Waals surface area (Å²) < 4.78 is 36.8. The van der Waals surface area contributed by atoms with Gasteiger partial charge in [0.15, 0.2) is 11.6 Å². The monoisotopic (exact) mass is 545 g/mol. The molecule has 13 heteroatoms. The lowest BCUT2D eigenvalue weighted by Gasteiger charge is -2.21. The van der Waals surface area contributed by atoms with Crippen LogP contribution in [0.3, 0.4) is 0 Å². The Balaban J connectivity index is 1.28. The van der Waals surface area contributed by atoms with Gasteiger partial charge in [-0.05, 0) is 64.6 Å². The van der Waals surface area contributed by atoms with Crippen LogP contribution in [0.1, 0.15) is 35.6 Å². The van der Waals surface area contributed by atoms with Crippen molar-refractivity contribution >= 4 is 28.9 Å². The zero-order chi connectivity index (χ0) is 26.3. The van der Waals surface area contributed by atoms with Crippen LogP contribution in [-0.4, -0.2) is 50.0 Å². The van der Waals surface area contributed by atoms with Crippen molar-refractivity contribution in [1.82, 2.24) is 35.0 Å². The summed E-state index contributed by atoms with van der Waals surface area (Å²) in [5, 5.41) is 4.40. The standard InChI is InChI=1S/C24H29FN7O3PS/c1-30(2)37(34,36)21-8-7-20(35-3)23(25)18(21)10-26-24(33)19-14-32(29-28-19)13-17-12-31-11-16(15-4-5-15)6-9-22(31)27-17/h6-9,11-12,14-15,28-29,36H,4-5,10,13H2,1-3H3,(H,26,33). The number of nitrogens with one attached hydrogen (secondary N) is 3. The van der Waals surface area contributed by atoms with Gasteiger partial charge in [0.1, 0.15) is 11.3 Å². The summed E-state index contributed by atoms with van der Waals surface area (Å²) in [5.41, 5.74) is 9.09. The summed E-state index contributed by atoms with van der Waals surface area (Å²) in [7, 11) is 4.95. The number of aromatic nitrogens is 2. The van der Waals surface area contributed by atoms with Crippen LogP contribution < -0.4 is 21.0 Å². The van der Waals surface area contributed by atoms with Gasteiger partial charge < -0.3 is 14.5 Å². The SMILES string of the molecule is COc1ccc(S(=O)(=P)N(C)C)c(CNC(=O)C2=CN(Cc3cn4cc(C5CC5)ccc4n3)NN2)c1F. The zero-order valence-corrected chi connectivity index (χ0v) is 22.6. The third-order valence-electron chi connectivity index (χ3n) is 6.39. The van der Waals surface area contributed by atoms with Crippen LogP contribution in [-0.2, 0) is 27.2 Å². The Bertz CT molecular complexity index is 1500. The number of carbonyl (C=O) groups excluding carboxylic acids is 1. The molecule has 2 aliphatic rings. The maximum Gasteiger partial charge on any atom is 0.270 e. The van der Waals surface area contributed by atoms with Gasteiger partial charge in [-0.15, -0.1) is 5.53 Å². The Morgan fingerprint density at radius 1 is 1.30 bits per heavy atom. The van der Waals surface area contributed by atoms with Gasteiger partial charge in [0.25, 0.3) is 5.91 Å². The molecule has 3 N–H and O–H groups in total. The molecular weight excluding hydrogens is 516 g/mol. The second kappa shape index (κ2) is 9.94. The second-order valence-electron chi connectivity index (χ2n) is 9.22. The van der Waals surface area contributed by atoms with Crippen LogP contribution in [0.25, 0.3) is 5.65 Å². The molecule has 196 valence electrons. The number of ether oxygens (including phenoxy) is 1. The molecule has 1 aromatic carbocycles. The van der Waals surface area contributed by atoms with Crippen LogP contribution in [0.15, 0.2) is 53.5 Å². The van der Waals surface area contributed by atoms with Crippen LogP contribution in [0, 0.1) is 5.82 Å². The smallest absolute Gasteiger partial charge is 0.270 e. The number of pyridine rings is 1. The highest BCUT2D eigenvalue weighted by Crippen LogP contribution is 2.39. The molecule has 0 spiro atoms. The van der Waals surface area contributed by atoms with Crippen LogP contribution >= 0.6 is 8.02 Å². The second-order valence-corrected chi connectivity index (χ2v) is 13.1. The zero-order valence-electron chi connectivity index (χ0n) is 20.7. The van der Waals surface area contributed by atoms with Gasteiger partial charge in [0, 0.05) is 30.7 Å². The average Bonchev–Trinajstić information content (AvgIpc) is 3.48. The summed E-state index contributed by atoms with van der Waals surface area (Å²) in [5.74, 6) is -0.485. The molecule has 0 radical (unpaired) electrons. The molecule has 0 saturated heterocycles. The van der Waals surface area contributed by atoms with Crippen molar-refractivity contribution in [2.24, 2.45) is 0 Å². The van der Waals surface area contributed by atoms with E-state index < -0.39 is 21.0 Å². The third kappa shape index (κ3) is 5.15. The first-order chi connectivity index (χ1) is 17.7. The molecule has 1 fully saturated rings. The number of rotatable bonds is 9. The number of hydrazine groups is 2. The predicted molar refractivity (Wildman–Crippen MR) is 140 cm³/mol. The number of imidazole rings is 1. The minimum Gasteiger partial charge on any atom is -0.494 e. The summed E-state index contributed by atoms with van der Waals surface area (Å²) >= 11 is 0. The lowest BCUT2D eigenvalue weighted by molar-refractivity contribution is -0.118. The Kier molecular flexibility index (Phi) is 6.84. The molecule has 1 amide bonds. The lowest BCUT2D eigenvalue weighted by atomic mass is 10.2. The normalized spacial score (nSPS) is 17.0. The summed E-state index contributed by atoms with van der Waals surface area (Å²) in [6, 6.07) is 7.09. The fourth-order valence-electron chi connectivity index (χ4n) is 4.15. The molecule has 37 heavy (non-hydrogen) atoms. The molecule has 1 atom stereocenters. The number of benzene rings is 1. The number of halogens is 1. The maximum absolute atomic E-state index is 15.1. The average molecular weight is 546 g/mol. The van der Waals surface area contributed by atoms with Gasteiger partial charge in [-0.1, -0.05) is 6.07 Å². The first-order valence-corrected chi connectivity index (χ1v) is 14.5. The van der Waals surface area contributed by atoms with Crippen molar-refractivity contribution in [3.05, 3.63) is 71.2 Å². The molecule has 3 aromatic rings. The molecule has 0 bridgehead atoms. The van der Waals surface area contributed by atoms with E-state index >= 15 is 4.39 Å². The minimum atomic E-state index is -2.90. The Morgan fingerprint density at radius 2 is 2.08 bits per heavy atom. The third-order valence-corrected chi connectivity index (χ3v) is 10.2. The maximum atomic E-state index is 15.1. The van der Waals surface area contributed by atoms with Gasteiger partial charge in [0.2, 0.25) is 0 Å². The number of hydrogen-bond acceptors (Lipinski definition) is 7. The van der Waals surface area contributed by atoms with Gasteiger partial charge >= 0.3 is 0 Å². The molecule has 1 saturated carbocycles. The van der Waals surface area contributed by atoms with Crippen molar-refractivity contribution in [3.8, 4) is 5.75 Å². The topological polar surface area (TPSA) is 103 Å². The van der Waals surface area contributed by atoms with E-state index in [1.165, 1.54) is 42.0 Å². The van der Waals surface area contributed by atoms with E-state index in [-0.39, 0.29) is 28.5 Å². The Morgan fingerprint density at radius 3 is 2.78 bits per heavy atom. The van der Waals surface area contributed by atoms with Gasteiger partial charge in [-0.25, -0.2) is 17.9 Å². The first-order valence-electron chi connectivity index (χ1n) is 11.7. The van der Waals surface area contributed by atoms with E-state index in [0.29, 0.717) is 12.5 Å². The largest absolute Gasteiger partial charge is 0.494 e. The molecule has 1 unspecified atom stereocenters. The molecule has 1 aliphatic heterocycles. The van der Waals surface area contributed by atoms with Crippen molar-refractivity contribution in [2.75, 3.05) is 21.2 Å². The highest BCUT2D eigenvalue weighted by molar-refractivity contribution is 8.19.